The van der Waals surface area contributed by atoms with E-state index in [9.17, 15) is 20.4 Å². The van der Waals surface area contributed by atoms with Crippen molar-refractivity contribution in [2.45, 2.75) is 131 Å². The Balaban J connectivity index is 1.60. The summed E-state index contributed by atoms with van der Waals surface area (Å²) in [6.45, 7) is 17.5. The fraction of sp³-hybridized carbons (Fsp3) is 0.933. The highest BCUT2D eigenvalue weighted by Crippen LogP contribution is 2.73. The summed E-state index contributed by atoms with van der Waals surface area (Å²) in [7, 11) is 0. The minimum absolute atomic E-state index is 0.0408. The first-order valence-electron chi connectivity index (χ1n) is 14.0. The zero-order valence-electron chi connectivity index (χ0n) is 23.1. The van der Waals surface area contributed by atoms with E-state index in [0.717, 1.165) is 25.7 Å². The number of fused-ring (bicyclic) bond motifs is 5. The van der Waals surface area contributed by atoms with Crippen LogP contribution in [-0.4, -0.2) is 44.3 Å². The van der Waals surface area contributed by atoms with E-state index in [1.54, 1.807) is 19.4 Å². The Labute approximate surface area is 208 Å². The molecule has 0 saturated heterocycles. The normalized spacial score (nSPS) is 46.5. The molecule has 0 amide bonds. The highest BCUT2D eigenvalue weighted by atomic mass is 16.4. The van der Waals surface area contributed by atoms with Gasteiger partial charge in [-0.2, -0.15) is 0 Å². The maximum Gasteiger partial charge on any atom is 0.108 e. The lowest BCUT2D eigenvalue weighted by molar-refractivity contribution is -0.133. The van der Waals surface area contributed by atoms with E-state index in [2.05, 4.69) is 47.6 Å². The summed E-state index contributed by atoms with van der Waals surface area (Å²) in [5, 5.41) is 42.1. The summed E-state index contributed by atoms with van der Waals surface area (Å²) in [5.41, 5.74) is 0.962. The Morgan fingerprint density at radius 1 is 1.00 bits per heavy atom. The molecule has 4 heteroatoms. The number of aliphatic hydroxyl groups excluding tert-OH is 3. The van der Waals surface area contributed by atoms with Crippen molar-refractivity contribution in [2.24, 2.45) is 45.3 Å². The second kappa shape index (κ2) is 8.30. The molecule has 4 aliphatic rings. The number of hydrogen-bond acceptors (Lipinski definition) is 4. The van der Waals surface area contributed by atoms with Crippen LogP contribution in [0.15, 0.2) is 11.6 Å². The lowest BCUT2D eigenvalue weighted by Crippen LogP contribution is -2.58. The minimum Gasteiger partial charge on any atom is -0.393 e. The molecule has 4 nitrogen and oxygen atoms in total. The quantitative estimate of drug-likeness (QED) is 0.397. The van der Waals surface area contributed by atoms with Gasteiger partial charge in [-0.1, -0.05) is 53.2 Å². The second-order valence-electron chi connectivity index (χ2n) is 14.7. The average Bonchev–Trinajstić information content (AvgIpc) is 3.01. The van der Waals surface area contributed by atoms with Crippen molar-refractivity contribution in [3.63, 3.8) is 0 Å². The molecule has 196 valence electrons. The molecular formula is C30H52O4. The molecule has 0 bridgehead atoms. The molecule has 0 heterocycles. The van der Waals surface area contributed by atoms with E-state index in [1.807, 2.05) is 0 Å². The van der Waals surface area contributed by atoms with Gasteiger partial charge in [-0.05, 0) is 111 Å². The summed E-state index contributed by atoms with van der Waals surface area (Å²) >= 11 is 0. The van der Waals surface area contributed by atoms with Gasteiger partial charge in [-0.25, -0.2) is 0 Å². The van der Waals surface area contributed by atoms with Crippen LogP contribution < -0.4 is 0 Å². The van der Waals surface area contributed by atoms with Gasteiger partial charge in [0, 0.05) is 0 Å². The van der Waals surface area contributed by atoms with Gasteiger partial charge in [0.05, 0.1) is 17.8 Å². The molecule has 4 N–H and O–H groups in total. The number of allylic oxidation sites excluding steroid dienone is 2. The van der Waals surface area contributed by atoms with Crippen LogP contribution in [-0.2, 0) is 0 Å². The molecule has 0 aromatic rings. The summed E-state index contributed by atoms with van der Waals surface area (Å²) in [6, 6.07) is 0. The van der Waals surface area contributed by atoms with Crippen molar-refractivity contribution in [1.29, 1.82) is 0 Å². The zero-order valence-corrected chi connectivity index (χ0v) is 23.1. The first-order chi connectivity index (χ1) is 15.5. The van der Waals surface area contributed by atoms with E-state index in [0.29, 0.717) is 24.2 Å². The Morgan fingerprint density at radius 2 is 1.65 bits per heavy atom. The van der Waals surface area contributed by atoms with Crippen molar-refractivity contribution in [2.75, 3.05) is 0 Å². The highest BCUT2D eigenvalue weighted by Gasteiger charge is 2.65. The minimum atomic E-state index is -1.30. The van der Waals surface area contributed by atoms with E-state index < -0.39 is 17.8 Å². The SMILES string of the molecule is C[C@@H](C[C@H](O)[C@@H](O)C(C)(C)O)[C@@H]1CC[C@]2(C)C3=CC[C@H]4C(C)(C)[C@@H](O)CC[C@]4(C)[C@H]3CC[C@@]12C. The van der Waals surface area contributed by atoms with E-state index in [4.69, 9.17) is 0 Å². The molecule has 10 atom stereocenters. The van der Waals surface area contributed by atoms with Crippen LogP contribution in [0.3, 0.4) is 0 Å². The van der Waals surface area contributed by atoms with Gasteiger partial charge in [0.15, 0.2) is 0 Å². The third-order valence-electron chi connectivity index (χ3n) is 12.3. The third kappa shape index (κ3) is 3.68. The first kappa shape index (κ1) is 26.6. The van der Waals surface area contributed by atoms with Crippen molar-refractivity contribution in [3.05, 3.63) is 11.6 Å². The molecular weight excluding hydrogens is 424 g/mol. The smallest absolute Gasteiger partial charge is 0.108 e. The Bertz CT molecular complexity index is 811. The van der Waals surface area contributed by atoms with Crippen LogP contribution in [0.5, 0.6) is 0 Å². The monoisotopic (exact) mass is 476 g/mol. The lowest BCUT2D eigenvalue weighted by atomic mass is 9.41. The standard InChI is InChI=1S/C30H52O4/c1-18(17-22(31)25(33)27(4,5)34)19-11-15-30(8)21-9-10-23-26(2,3)24(32)13-14-28(23,6)20(21)12-16-29(19,30)7/h9,18-20,22-25,31-34H,10-17H2,1-8H3/t18-,19-,20-,22-,23-,24-,25+,28+,29-,30+/m0/s1. The van der Waals surface area contributed by atoms with Gasteiger partial charge >= 0.3 is 0 Å². The predicted molar refractivity (Wildman–Crippen MR) is 137 cm³/mol. The van der Waals surface area contributed by atoms with Crippen molar-refractivity contribution >= 4 is 0 Å². The maximum atomic E-state index is 10.8. The van der Waals surface area contributed by atoms with Gasteiger partial charge in [-0.3, -0.25) is 0 Å². The molecule has 3 saturated carbocycles. The van der Waals surface area contributed by atoms with E-state index in [1.165, 1.54) is 19.3 Å². The van der Waals surface area contributed by atoms with Crippen LogP contribution in [0.4, 0.5) is 0 Å². The molecule has 0 radical (unpaired) electrons. The van der Waals surface area contributed by atoms with Gasteiger partial charge in [0.1, 0.15) is 6.10 Å². The maximum absolute atomic E-state index is 10.8. The molecule has 0 aromatic carbocycles. The van der Waals surface area contributed by atoms with Gasteiger partial charge in [0.2, 0.25) is 0 Å². The lowest BCUT2D eigenvalue weighted by Gasteiger charge is -2.64. The summed E-state index contributed by atoms with van der Waals surface area (Å²) < 4.78 is 0. The van der Waals surface area contributed by atoms with Crippen LogP contribution in [0.1, 0.15) is 107 Å². The van der Waals surface area contributed by atoms with E-state index in [-0.39, 0.29) is 33.7 Å². The van der Waals surface area contributed by atoms with Crippen molar-refractivity contribution < 1.29 is 20.4 Å². The average molecular weight is 477 g/mol. The summed E-state index contributed by atoms with van der Waals surface area (Å²) in [5.74, 6) is 1.91. The fourth-order valence-corrected chi connectivity index (χ4v) is 9.80. The zero-order chi connectivity index (χ0) is 25.5. The summed E-state index contributed by atoms with van der Waals surface area (Å²) in [6.07, 6.45) is 8.76. The highest BCUT2D eigenvalue weighted by molar-refractivity contribution is 5.33. The van der Waals surface area contributed by atoms with Crippen LogP contribution in [0, 0.1) is 45.3 Å². The molecule has 4 rings (SSSR count). The summed E-state index contributed by atoms with van der Waals surface area (Å²) in [4.78, 5) is 0. The molecule has 4 aliphatic carbocycles. The van der Waals surface area contributed by atoms with Gasteiger partial charge < -0.3 is 20.4 Å². The van der Waals surface area contributed by atoms with E-state index >= 15 is 0 Å². The third-order valence-corrected chi connectivity index (χ3v) is 12.3. The Kier molecular flexibility index (Phi) is 6.50. The predicted octanol–water partition coefficient (Wildman–Crippen LogP) is 5.47. The largest absolute Gasteiger partial charge is 0.393 e. The molecule has 0 unspecified atom stereocenters. The first-order valence-corrected chi connectivity index (χ1v) is 14.0. The molecule has 34 heavy (non-hydrogen) atoms. The number of rotatable bonds is 5. The number of aliphatic hydroxyl groups is 4. The topological polar surface area (TPSA) is 80.9 Å². The Hall–Kier alpha value is -0.420. The van der Waals surface area contributed by atoms with Crippen molar-refractivity contribution in [3.8, 4) is 0 Å². The molecule has 3 fully saturated rings. The van der Waals surface area contributed by atoms with Gasteiger partial charge in [0.25, 0.3) is 0 Å². The molecule has 0 aromatic heterocycles. The van der Waals surface area contributed by atoms with Crippen LogP contribution in [0.2, 0.25) is 0 Å². The molecule has 0 spiro atoms. The van der Waals surface area contributed by atoms with Crippen LogP contribution >= 0.6 is 0 Å². The second-order valence-corrected chi connectivity index (χ2v) is 14.7. The van der Waals surface area contributed by atoms with Crippen LogP contribution in [0.25, 0.3) is 0 Å². The van der Waals surface area contributed by atoms with Crippen molar-refractivity contribution in [1.82, 2.24) is 0 Å². The number of hydrogen-bond donors (Lipinski definition) is 4. The van der Waals surface area contributed by atoms with Gasteiger partial charge in [-0.15, -0.1) is 0 Å². The Morgan fingerprint density at radius 3 is 2.26 bits per heavy atom. The molecule has 0 aliphatic heterocycles. The fourth-order valence-electron chi connectivity index (χ4n) is 9.80.